The number of ketones is 2. The fourth-order valence-corrected chi connectivity index (χ4v) is 13.5. The standard InChI is InChI=1S/C16H13FN8.C15H10Cl2FNO3.C13H8Cl2FNO.C13H9ClFN3.C13H10FN3.C9H9FO2.C6H2Cl3NO.C3H4ClN5/c17-10-5-2-1-4-9(10)8-11-13-12(6-3-7-20-13)25(24-11)16-22-14(18)21-15(19)23-16;1-22-15(21)12(9-4-2-3-5-11(9)18)14(20)13-10(17)6-8(16)7-19-13;14-9-6-10(15)13(17-7-9)12(18)5-8-3-1-2-4-11(8)16;14-9-6-12-13(16-7-9)11(17-18-12)5-8-3-1-2-4-10(8)15;14-10-5-2-1-4-9(10)8-12-13-11(16-17-12)6-3-7-15-13;1-12-9(11)6-7-4-2-3-5-8(7)10;7-3-1-4(8)5(6(9)11)10-2-3;4-1-7-2(5)9-3(6)8-1/h1-7H,8H2,(H4,18,19,21,22,23);2-7,12H,1H3;1-4,6-7H,5H2;1-4,6-7H,5H2,(H,17,18);1-7H,8H2,(H,16,17);2-5H,6H2,1H3;1-2H;(H4,5,6,7,8,9). The van der Waals surface area contributed by atoms with E-state index < -0.39 is 40.5 Å². The van der Waals surface area contributed by atoms with Gasteiger partial charge >= 0.3 is 11.9 Å². The topological polar surface area (TPSA) is 438 Å². The van der Waals surface area contributed by atoms with Crippen LogP contribution >= 0.6 is 104 Å². The Balaban J connectivity index is 0.000000159. The summed E-state index contributed by atoms with van der Waals surface area (Å²) in [6, 6.07) is 50.8. The molecule has 0 aliphatic heterocycles. The molecule has 0 bridgehead atoms. The van der Waals surface area contributed by atoms with Crippen molar-refractivity contribution in [3.63, 3.8) is 0 Å². The summed E-state index contributed by atoms with van der Waals surface area (Å²) >= 11 is 50.6. The van der Waals surface area contributed by atoms with E-state index in [2.05, 4.69) is 94.8 Å². The van der Waals surface area contributed by atoms with Gasteiger partial charge in [0.2, 0.25) is 34.9 Å². The number of nitrogen functional groups attached to an aromatic ring is 4. The van der Waals surface area contributed by atoms with Gasteiger partial charge in [-0.3, -0.25) is 49.1 Å². The smallest absolute Gasteiger partial charge is 0.321 e. The van der Waals surface area contributed by atoms with E-state index >= 15 is 0 Å². The maximum atomic E-state index is 14.0. The zero-order chi connectivity index (χ0) is 95.2. The number of hydrogen-bond acceptors (Lipinski definition) is 26. The van der Waals surface area contributed by atoms with Gasteiger partial charge in [0.05, 0.1) is 78.4 Å². The van der Waals surface area contributed by atoms with Crippen LogP contribution in [0.15, 0.2) is 231 Å². The number of esters is 2. The van der Waals surface area contributed by atoms with Crippen molar-refractivity contribution in [2.75, 3.05) is 37.2 Å². The van der Waals surface area contributed by atoms with Gasteiger partial charge in [0, 0.05) is 68.4 Å². The van der Waals surface area contributed by atoms with Crippen molar-refractivity contribution in [2.45, 2.75) is 38.0 Å². The Morgan fingerprint density at radius 2 is 0.811 bits per heavy atom. The van der Waals surface area contributed by atoms with Crippen molar-refractivity contribution in [3.8, 4) is 5.95 Å². The third-order valence-electron chi connectivity index (χ3n) is 17.6. The van der Waals surface area contributed by atoms with E-state index in [4.69, 9.17) is 127 Å². The maximum Gasteiger partial charge on any atom is 0.321 e. The molecule has 0 aliphatic rings. The molecule has 1 atom stereocenters. The molecule has 44 heteroatoms. The molecule has 0 spiro atoms. The van der Waals surface area contributed by atoms with Crippen LogP contribution in [-0.2, 0) is 51.2 Å². The number of carbonyl (C=O) groups is 5. The van der Waals surface area contributed by atoms with Crippen LogP contribution in [0.1, 0.15) is 87.8 Å². The largest absolute Gasteiger partial charge is 0.469 e. The highest BCUT2D eigenvalue weighted by molar-refractivity contribution is 6.68. The van der Waals surface area contributed by atoms with E-state index in [1.54, 1.807) is 116 Å². The lowest BCUT2D eigenvalue weighted by Gasteiger charge is -2.15. The number of nitrogens with zero attached hydrogens (tertiary/aromatic N) is 16. The molecule has 1 unspecified atom stereocenters. The first-order valence-electron chi connectivity index (χ1n) is 37.8. The van der Waals surface area contributed by atoms with Crippen LogP contribution in [0.25, 0.3) is 39.0 Å². The van der Waals surface area contributed by atoms with Crippen LogP contribution < -0.4 is 22.9 Å². The van der Waals surface area contributed by atoms with Gasteiger partial charge in [-0.1, -0.05) is 190 Å². The molecule has 17 aromatic rings. The SMILES string of the molecule is COC(=O)C(C(=O)c1ncc(Cl)cc1Cl)c1ccccc1F.COC(=O)Cc1ccccc1F.Fc1ccccc1Cc1[nH]nc2cc(Cl)cnc12.Fc1ccccc1Cc1[nH]nc2cccnc12.Nc1nc(N)nc(-n2nc(Cc3ccccc3F)c3ncccc32)n1.Nc1nc(N)nc(Cl)n1.O=C(Cc1ccccc1F)c1ncc(Cl)cc1Cl.O=C(Cl)c1ncc(Cl)cc1Cl. The number of methoxy groups -OCH3 is 2. The van der Waals surface area contributed by atoms with Crippen molar-refractivity contribution < 1.29 is 59.8 Å². The van der Waals surface area contributed by atoms with E-state index in [0.717, 1.165) is 41.1 Å². The second-order valence-electron chi connectivity index (χ2n) is 26.6. The molecule has 29 nitrogen and oxygen atoms in total. The number of pyridine rings is 6. The maximum absolute atomic E-state index is 14.0. The van der Waals surface area contributed by atoms with Gasteiger partial charge in [0.15, 0.2) is 5.78 Å². The number of ether oxygens (including phenoxy) is 2. The molecule has 10 N–H and O–H groups in total. The number of Topliss-reactive ketones (excluding diaryl/α,β-unsaturated/α-hetero) is 2. The van der Waals surface area contributed by atoms with Gasteiger partial charge in [-0.2, -0.15) is 49.9 Å². The fourth-order valence-electron chi connectivity index (χ4n) is 11.6. The number of aromatic nitrogens is 18. The van der Waals surface area contributed by atoms with Crippen LogP contribution in [0, 0.1) is 34.9 Å². The summed E-state index contributed by atoms with van der Waals surface area (Å²) in [6.07, 6.45) is 9.87. The van der Waals surface area contributed by atoms with Crippen LogP contribution in [0.5, 0.6) is 0 Å². The highest BCUT2D eigenvalue weighted by Gasteiger charge is 2.35. The molecular weight excluding hydrogens is 1910 g/mol. The van der Waals surface area contributed by atoms with Gasteiger partial charge in [-0.25, -0.2) is 41.3 Å². The molecule has 11 heterocycles. The summed E-state index contributed by atoms with van der Waals surface area (Å²) in [6.45, 7) is 0. The summed E-state index contributed by atoms with van der Waals surface area (Å²) in [5, 5.41) is 19.7. The van der Waals surface area contributed by atoms with Gasteiger partial charge in [-0.15, -0.1) is 0 Å². The normalized spacial score (nSPS) is 10.7. The van der Waals surface area contributed by atoms with Crippen LogP contribution in [-0.4, -0.2) is 133 Å². The number of halogens is 15. The molecule has 0 radical (unpaired) electrons. The minimum atomic E-state index is -1.49. The number of anilines is 4. The van der Waals surface area contributed by atoms with Crippen molar-refractivity contribution in [2.24, 2.45) is 0 Å². The molecule has 0 saturated heterocycles. The van der Waals surface area contributed by atoms with Gasteiger partial charge in [-0.05, 0) is 136 Å². The molecule has 674 valence electrons. The van der Waals surface area contributed by atoms with Crippen molar-refractivity contribution >= 4 is 190 Å². The predicted molar refractivity (Wildman–Crippen MR) is 490 cm³/mol. The molecular formula is C88H65Cl9F6N22O7. The summed E-state index contributed by atoms with van der Waals surface area (Å²) in [4.78, 5) is 104. The van der Waals surface area contributed by atoms with Crippen LogP contribution in [0.2, 0.25) is 40.4 Å². The minimum absolute atomic E-state index is 0.00862. The van der Waals surface area contributed by atoms with E-state index in [-0.39, 0.29) is 126 Å². The van der Waals surface area contributed by atoms with Gasteiger partial charge in [0.25, 0.3) is 11.2 Å². The number of aromatic amines is 2. The number of carbonyl (C=O) groups excluding carboxylic acids is 5. The van der Waals surface area contributed by atoms with Crippen molar-refractivity contribution in [1.29, 1.82) is 0 Å². The zero-order valence-corrected chi connectivity index (χ0v) is 74.8. The molecule has 11 aromatic heterocycles. The van der Waals surface area contributed by atoms with E-state index in [9.17, 15) is 50.3 Å². The average Bonchev–Trinajstić information content (AvgIpc) is 1.62. The molecule has 0 fully saturated rings. The summed E-state index contributed by atoms with van der Waals surface area (Å²) in [5.41, 5.74) is 30.4. The van der Waals surface area contributed by atoms with Crippen molar-refractivity contribution in [3.05, 3.63) is 374 Å². The quantitative estimate of drug-likeness (QED) is 0.0162. The lowest BCUT2D eigenvalue weighted by molar-refractivity contribution is -0.141. The van der Waals surface area contributed by atoms with E-state index in [0.29, 0.717) is 78.0 Å². The Labute approximate surface area is 789 Å². The fraction of sp³-hybridized carbons (Fsp3) is 0.0909. The molecule has 0 aliphatic carbocycles. The number of rotatable bonds is 17. The molecule has 6 aromatic carbocycles. The molecule has 17 rings (SSSR count). The lowest BCUT2D eigenvalue weighted by atomic mass is 9.92. The first kappa shape index (κ1) is 100. The number of hydrogen-bond donors (Lipinski definition) is 6. The Morgan fingerprint density at radius 1 is 0.409 bits per heavy atom. The Morgan fingerprint density at radius 3 is 1.27 bits per heavy atom. The molecule has 0 saturated carbocycles. The summed E-state index contributed by atoms with van der Waals surface area (Å²) < 4.78 is 91.8. The summed E-state index contributed by atoms with van der Waals surface area (Å²) in [5.74, 6) is -5.91. The highest BCUT2D eigenvalue weighted by Crippen LogP contribution is 2.31. The highest BCUT2D eigenvalue weighted by atomic mass is 35.5. The van der Waals surface area contributed by atoms with Crippen molar-refractivity contribution in [1.82, 2.24) is 90.0 Å². The number of nitrogens with two attached hydrogens (primary N) is 4. The van der Waals surface area contributed by atoms with Gasteiger partial charge in [0.1, 0.15) is 85.5 Å². The summed E-state index contributed by atoms with van der Waals surface area (Å²) in [7, 11) is 2.39. The number of benzene rings is 6. The first-order valence-corrected chi connectivity index (χ1v) is 41.2. The lowest BCUT2D eigenvalue weighted by Crippen LogP contribution is -2.25. The minimum Gasteiger partial charge on any atom is -0.469 e. The van der Waals surface area contributed by atoms with Crippen LogP contribution in [0.3, 0.4) is 0 Å². The Bertz CT molecular complexity index is 6910. The average molecular weight is 1980 g/mol. The number of nitrogens with one attached hydrogen (secondary N) is 2. The molecule has 0 amide bonds. The third kappa shape index (κ3) is 28.5. The molecule has 132 heavy (non-hydrogen) atoms. The van der Waals surface area contributed by atoms with Crippen LogP contribution in [0.4, 0.5) is 50.1 Å². The predicted octanol–water partition coefficient (Wildman–Crippen LogP) is 19.1. The zero-order valence-electron chi connectivity index (χ0n) is 68.0. The second-order valence-corrected chi connectivity index (χ2v) is 30.3. The number of H-pyrrole nitrogens is 2. The third-order valence-corrected chi connectivity index (χ3v) is 19.7. The Kier molecular flexibility index (Phi) is 36.9. The number of fused-ring (bicyclic) bond motifs is 3. The first-order chi connectivity index (χ1) is 63.2. The van der Waals surface area contributed by atoms with E-state index in [1.807, 2.05) is 24.3 Å². The Hall–Kier alpha value is -14.0. The van der Waals surface area contributed by atoms with E-state index in [1.165, 1.54) is 97.1 Å². The second kappa shape index (κ2) is 48.6. The monoisotopic (exact) mass is 1970 g/mol. The van der Waals surface area contributed by atoms with Gasteiger partial charge < -0.3 is 32.4 Å².